The molecule has 5 nitrogen and oxygen atoms in total. The zero-order valence-electron chi connectivity index (χ0n) is 15.6. The Labute approximate surface area is 183 Å². The van der Waals surface area contributed by atoms with Gasteiger partial charge in [-0.2, -0.15) is 0 Å². The molecule has 0 amide bonds. The van der Waals surface area contributed by atoms with E-state index in [-0.39, 0.29) is 0 Å². The standard InChI is InChI=1S/C20H16Cl3N3.CH4N2/c1-24-10-11-6-14(25-13-3-4-17(22)18(23)9-13)8-16-15-7-12(21)2-5-19(15)26-20(11)16;2-1-3/h2-9,24-26H,10H2,1H3;1H,(H3,2,3). The Morgan fingerprint density at radius 3 is 2.41 bits per heavy atom. The molecule has 4 rings (SSSR count). The van der Waals surface area contributed by atoms with Crippen LogP contribution < -0.4 is 16.4 Å². The van der Waals surface area contributed by atoms with E-state index in [4.69, 9.17) is 40.2 Å². The predicted octanol–water partition coefficient (Wildman–Crippen LogP) is 6.30. The number of halogens is 3. The molecule has 1 heterocycles. The van der Waals surface area contributed by atoms with Crippen molar-refractivity contribution in [3.63, 3.8) is 0 Å². The summed E-state index contributed by atoms with van der Waals surface area (Å²) in [5.74, 6) is 0. The molecule has 0 aliphatic rings. The van der Waals surface area contributed by atoms with Gasteiger partial charge in [-0.1, -0.05) is 34.8 Å². The van der Waals surface area contributed by atoms with Crippen LogP contribution in [-0.4, -0.2) is 18.4 Å². The highest BCUT2D eigenvalue weighted by Gasteiger charge is 2.11. The van der Waals surface area contributed by atoms with E-state index in [9.17, 15) is 0 Å². The van der Waals surface area contributed by atoms with Gasteiger partial charge in [-0.15, -0.1) is 0 Å². The van der Waals surface area contributed by atoms with Crippen molar-refractivity contribution < 1.29 is 0 Å². The molecule has 8 heteroatoms. The third-order valence-electron chi connectivity index (χ3n) is 4.33. The first-order valence-electron chi connectivity index (χ1n) is 8.78. The average Bonchev–Trinajstić information content (AvgIpc) is 3.04. The van der Waals surface area contributed by atoms with Crippen molar-refractivity contribution >= 4 is 74.3 Å². The van der Waals surface area contributed by atoms with Crippen LogP contribution in [0.3, 0.4) is 0 Å². The Balaban J connectivity index is 0.000000755. The van der Waals surface area contributed by atoms with Crippen molar-refractivity contribution in [2.45, 2.75) is 6.54 Å². The summed E-state index contributed by atoms with van der Waals surface area (Å²) in [5, 5.41) is 16.5. The van der Waals surface area contributed by atoms with Crippen molar-refractivity contribution in [2.24, 2.45) is 5.73 Å². The Hall–Kier alpha value is -2.44. The van der Waals surface area contributed by atoms with Gasteiger partial charge >= 0.3 is 0 Å². The molecule has 0 saturated heterocycles. The highest BCUT2D eigenvalue weighted by Crippen LogP contribution is 2.34. The number of anilines is 2. The highest BCUT2D eigenvalue weighted by atomic mass is 35.5. The van der Waals surface area contributed by atoms with E-state index in [0.29, 0.717) is 10.0 Å². The second-order valence-corrected chi connectivity index (χ2v) is 7.57. The molecule has 0 fully saturated rings. The molecule has 6 N–H and O–H groups in total. The van der Waals surface area contributed by atoms with Crippen LogP contribution in [0.4, 0.5) is 11.4 Å². The summed E-state index contributed by atoms with van der Waals surface area (Å²) >= 11 is 18.4. The minimum absolute atomic E-state index is 0.520. The van der Waals surface area contributed by atoms with Gasteiger partial charge in [-0.05, 0) is 61.1 Å². The Kier molecular flexibility index (Phi) is 6.87. The van der Waals surface area contributed by atoms with Gasteiger partial charge in [0.1, 0.15) is 0 Å². The third-order valence-corrected chi connectivity index (χ3v) is 5.30. The van der Waals surface area contributed by atoms with E-state index in [1.807, 2.05) is 37.4 Å². The van der Waals surface area contributed by atoms with Crippen molar-refractivity contribution in [1.29, 1.82) is 5.41 Å². The molecule has 0 atom stereocenters. The summed E-state index contributed by atoms with van der Waals surface area (Å²) in [4.78, 5) is 3.50. The average molecular weight is 449 g/mol. The second kappa shape index (κ2) is 9.37. The summed E-state index contributed by atoms with van der Waals surface area (Å²) in [6, 6.07) is 15.6. The van der Waals surface area contributed by atoms with Gasteiger partial charge in [0.2, 0.25) is 0 Å². The maximum absolute atomic E-state index is 6.21. The highest BCUT2D eigenvalue weighted by molar-refractivity contribution is 6.42. The van der Waals surface area contributed by atoms with Gasteiger partial charge in [0.25, 0.3) is 0 Å². The Morgan fingerprint density at radius 1 is 0.966 bits per heavy atom. The van der Waals surface area contributed by atoms with Crippen LogP contribution in [0.5, 0.6) is 0 Å². The number of aromatic nitrogens is 1. The van der Waals surface area contributed by atoms with Crippen molar-refractivity contribution in [3.05, 3.63) is 69.2 Å². The summed E-state index contributed by atoms with van der Waals surface area (Å²) in [6.07, 6.45) is 0.750. The van der Waals surface area contributed by atoms with Crippen LogP contribution in [0.2, 0.25) is 15.1 Å². The number of benzene rings is 3. The van der Waals surface area contributed by atoms with Gasteiger partial charge in [-0.25, -0.2) is 0 Å². The number of nitrogens with two attached hydrogens (primary N) is 1. The number of aromatic amines is 1. The molecule has 0 saturated carbocycles. The molecular formula is C21H20Cl3N5. The van der Waals surface area contributed by atoms with Crippen LogP contribution in [0.25, 0.3) is 21.8 Å². The normalized spacial score (nSPS) is 10.6. The van der Waals surface area contributed by atoms with Crippen LogP contribution in [0.1, 0.15) is 5.56 Å². The molecule has 0 spiro atoms. The lowest BCUT2D eigenvalue weighted by molar-refractivity contribution is 0.822. The largest absolute Gasteiger partial charge is 0.390 e. The fourth-order valence-electron chi connectivity index (χ4n) is 3.19. The summed E-state index contributed by atoms with van der Waals surface area (Å²) < 4.78 is 0. The predicted molar refractivity (Wildman–Crippen MR) is 126 cm³/mol. The Bertz CT molecular complexity index is 1170. The van der Waals surface area contributed by atoms with E-state index in [0.717, 1.165) is 51.1 Å². The SMILES string of the molecule is CNCc1cc(Nc2ccc(Cl)c(Cl)c2)cc2c1[nH]c1ccc(Cl)cc12.N=CN. The molecule has 0 bridgehead atoms. The van der Waals surface area contributed by atoms with E-state index in [1.165, 1.54) is 5.56 Å². The zero-order valence-corrected chi connectivity index (χ0v) is 17.9. The van der Waals surface area contributed by atoms with E-state index >= 15 is 0 Å². The van der Waals surface area contributed by atoms with Gasteiger partial charge in [0.05, 0.1) is 21.9 Å². The lowest BCUT2D eigenvalue weighted by Crippen LogP contribution is -2.06. The number of H-pyrrole nitrogens is 1. The number of hydrogen-bond donors (Lipinski definition) is 5. The number of hydrogen-bond acceptors (Lipinski definition) is 3. The molecule has 1 aromatic heterocycles. The van der Waals surface area contributed by atoms with Crippen LogP contribution >= 0.6 is 34.8 Å². The minimum Gasteiger partial charge on any atom is -0.390 e. The van der Waals surface area contributed by atoms with Gasteiger partial charge in [0, 0.05) is 39.2 Å². The molecule has 0 radical (unpaired) electrons. The quantitative estimate of drug-likeness (QED) is 0.187. The first-order valence-corrected chi connectivity index (χ1v) is 9.91. The monoisotopic (exact) mass is 447 g/mol. The van der Waals surface area contributed by atoms with Gasteiger partial charge in [-0.3, -0.25) is 5.41 Å². The van der Waals surface area contributed by atoms with E-state index < -0.39 is 0 Å². The van der Waals surface area contributed by atoms with Crippen molar-refractivity contribution in [1.82, 2.24) is 10.3 Å². The smallest absolute Gasteiger partial charge is 0.0765 e. The molecule has 0 aliphatic carbocycles. The Morgan fingerprint density at radius 2 is 1.72 bits per heavy atom. The topological polar surface area (TPSA) is 89.7 Å². The maximum atomic E-state index is 6.21. The molecule has 3 aromatic carbocycles. The fourth-order valence-corrected chi connectivity index (χ4v) is 3.66. The second-order valence-electron chi connectivity index (χ2n) is 6.32. The maximum Gasteiger partial charge on any atom is 0.0765 e. The minimum atomic E-state index is 0.520. The third kappa shape index (κ3) is 4.77. The molecule has 0 aliphatic heterocycles. The fraction of sp³-hybridized carbons (Fsp3) is 0.0952. The van der Waals surface area contributed by atoms with Gasteiger partial charge in [0.15, 0.2) is 0 Å². The van der Waals surface area contributed by atoms with Crippen LogP contribution in [0, 0.1) is 5.41 Å². The van der Waals surface area contributed by atoms with Crippen molar-refractivity contribution in [3.8, 4) is 0 Å². The lowest BCUT2D eigenvalue weighted by atomic mass is 10.1. The molecule has 150 valence electrons. The summed E-state index contributed by atoms with van der Waals surface area (Å²) in [5.41, 5.74) is 9.58. The van der Waals surface area contributed by atoms with E-state index in [1.54, 1.807) is 6.07 Å². The van der Waals surface area contributed by atoms with E-state index in [2.05, 4.69) is 33.5 Å². The summed E-state index contributed by atoms with van der Waals surface area (Å²) in [7, 11) is 1.93. The molecule has 4 aromatic rings. The molecular weight excluding hydrogens is 429 g/mol. The molecule has 29 heavy (non-hydrogen) atoms. The number of nitrogens with one attached hydrogen (secondary N) is 4. The lowest BCUT2D eigenvalue weighted by Gasteiger charge is -2.11. The van der Waals surface area contributed by atoms with Gasteiger partial charge < -0.3 is 21.4 Å². The first kappa shape index (κ1) is 21.3. The van der Waals surface area contributed by atoms with Crippen molar-refractivity contribution in [2.75, 3.05) is 12.4 Å². The van der Waals surface area contributed by atoms with Crippen LogP contribution in [0.15, 0.2) is 48.5 Å². The molecule has 0 unspecified atom stereocenters. The number of fused-ring (bicyclic) bond motifs is 3. The zero-order chi connectivity index (χ0) is 21.0. The number of rotatable bonds is 4. The first-order chi connectivity index (χ1) is 14.0. The van der Waals surface area contributed by atoms with Crippen LogP contribution in [-0.2, 0) is 6.54 Å². The summed E-state index contributed by atoms with van der Waals surface area (Å²) in [6.45, 7) is 0.744.